The lowest BCUT2D eigenvalue weighted by atomic mass is 10.0. The number of aliphatic hydroxyl groups is 1. The summed E-state index contributed by atoms with van der Waals surface area (Å²) in [6.45, 7) is 2.74. The maximum atomic E-state index is 12.4. The second-order valence-corrected chi connectivity index (χ2v) is 5.59. The third-order valence-electron chi connectivity index (χ3n) is 4.48. The van der Waals surface area contributed by atoms with E-state index in [0.717, 1.165) is 6.42 Å². The second-order valence-electron chi connectivity index (χ2n) is 5.59. The number of rotatable bonds is 3. The van der Waals surface area contributed by atoms with E-state index < -0.39 is 5.97 Å². The van der Waals surface area contributed by atoms with Crippen LogP contribution < -0.4 is 0 Å². The molecule has 1 amide bonds. The Hall–Kier alpha value is -1.10. The normalized spacial score (nSPS) is 36.0. The third-order valence-corrected chi connectivity index (χ3v) is 4.48. The lowest BCUT2D eigenvalue weighted by Gasteiger charge is -2.27. The summed E-state index contributed by atoms with van der Waals surface area (Å²) in [4.78, 5) is 25.0. The van der Waals surface area contributed by atoms with Gasteiger partial charge in [-0.3, -0.25) is 9.59 Å². The van der Waals surface area contributed by atoms with Gasteiger partial charge in [-0.15, -0.1) is 0 Å². The van der Waals surface area contributed by atoms with Crippen molar-refractivity contribution in [3.8, 4) is 0 Å². The fraction of sp³-hybridized carbons (Fsp3) is 0.846. The fourth-order valence-electron chi connectivity index (χ4n) is 3.22. The zero-order chi connectivity index (χ0) is 13.3. The molecule has 1 saturated carbocycles. The van der Waals surface area contributed by atoms with E-state index in [0.29, 0.717) is 31.7 Å². The Morgan fingerprint density at radius 3 is 2.44 bits per heavy atom. The van der Waals surface area contributed by atoms with Gasteiger partial charge in [0.05, 0.1) is 18.6 Å². The second kappa shape index (κ2) is 5.26. The molecule has 1 aliphatic carbocycles. The standard InChI is InChI=1S/C13H21NO4/c1-8-4-5-14(11(8)7-15)12(16)9-2-3-10(6-9)13(17)18/h8-11,15H,2-7H2,1H3,(H,17,18). The van der Waals surface area contributed by atoms with Crippen molar-refractivity contribution in [1.29, 1.82) is 0 Å². The van der Waals surface area contributed by atoms with Gasteiger partial charge in [0, 0.05) is 12.5 Å². The van der Waals surface area contributed by atoms with Gasteiger partial charge in [0.15, 0.2) is 0 Å². The maximum Gasteiger partial charge on any atom is 0.306 e. The Labute approximate surface area is 107 Å². The van der Waals surface area contributed by atoms with Gasteiger partial charge in [-0.25, -0.2) is 0 Å². The van der Waals surface area contributed by atoms with Crippen LogP contribution in [0.2, 0.25) is 0 Å². The van der Waals surface area contributed by atoms with Gasteiger partial charge in [-0.05, 0) is 31.6 Å². The third kappa shape index (κ3) is 2.36. The zero-order valence-corrected chi connectivity index (χ0v) is 10.7. The Bertz CT molecular complexity index is 344. The molecule has 1 heterocycles. The Morgan fingerprint density at radius 2 is 1.89 bits per heavy atom. The van der Waals surface area contributed by atoms with Crippen molar-refractivity contribution < 1.29 is 19.8 Å². The minimum absolute atomic E-state index is 0.00197. The summed E-state index contributed by atoms with van der Waals surface area (Å²) in [6, 6.07) is -0.0821. The van der Waals surface area contributed by atoms with E-state index in [1.165, 1.54) is 0 Å². The summed E-state index contributed by atoms with van der Waals surface area (Å²) < 4.78 is 0. The smallest absolute Gasteiger partial charge is 0.306 e. The van der Waals surface area contributed by atoms with Crippen LogP contribution in [0, 0.1) is 17.8 Å². The van der Waals surface area contributed by atoms with Gasteiger partial charge in [-0.1, -0.05) is 6.92 Å². The number of carbonyl (C=O) groups is 2. The van der Waals surface area contributed by atoms with E-state index in [1.807, 2.05) is 6.92 Å². The molecule has 5 nitrogen and oxygen atoms in total. The topological polar surface area (TPSA) is 77.8 Å². The van der Waals surface area contributed by atoms with E-state index >= 15 is 0 Å². The quantitative estimate of drug-likeness (QED) is 0.779. The summed E-state index contributed by atoms with van der Waals surface area (Å²) >= 11 is 0. The minimum Gasteiger partial charge on any atom is -0.481 e. The molecule has 102 valence electrons. The molecule has 0 aromatic carbocycles. The van der Waals surface area contributed by atoms with Gasteiger partial charge in [-0.2, -0.15) is 0 Å². The molecular formula is C13H21NO4. The average Bonchev–Trinajstić information content (AvgIpc) is 2.94. The van der Waals surface area contributed by atoms with Gasteiger partial charge >= 0.3 is 5.97 Å². The molecule has 2 N–H and O–H groups in total. The lowest BCUT2D eigenvalue weighted by molar-refractivity contribution is -0.142. The minimum atomic E-state index is -0.793. The predicted octanol–water partition coefficient (Wildman–Crippen LogP) is 0.717. The molecule has 0 bridgehead atoms. The molecule has 2 aliphatic rings. The Balaban J connectivity index is 1.98. The number of amides is 1. The van der Waals surface area contributed by atoms with E-state index in [-0.39, 0.29) is 30.4 Å². The van der Waals surface area contributed by atoms with Crippen LogP contribution in [0.25, 0.3) is 0 Å². The van der Waals surface area contributed by atoms with Crippen molar-refractivity contribution in [3.63, 3.8) is 0 Å². The summed E-state index contributed by atoms with van der Waals surface area (Å²) in [5, 5.41) is 18.3. The number of carboxylic acid groups (broad SMARTS) is 1. The van der Waals surface area contributed by atoms with Crippen LogP contribution in [0.15, 0.2) is 0 Å². The molecule has 4 unspecified atom stereocenters. The van der Waals surface area contributed by atoms with Gasteiger partial charge in [0.25, 0.3) is 0 Å². The SMILES string of the molecule is CC1CCN(C(=O)C2CCC(C(=O)O)C2)C1CO. The number of carbonyl (C=O) groups excluding carboxylic acids is 1. The first kappa shape index (κ1) is 13.3. The molecule has 0 radical (unpaired) electrons. The van der Waals surface area contributed by atoms with E-state index in [9.17, 15) is 14.7 Å². The molecule has 2 rings (SSSR count). The molecule has 1 saturated heterocycles. The van der Waals surface area contributed by atoms with Crippen LogP contribution >= 0.6 is 0 Å². The number of aliphatic hydroxyl groups excluding tert-OH is 1. The van der Waals surface area contributed by atoms with Gasteiger partial charge in [0.2, 0.25) is 5.91 Å². The Kier molecular flexibility index (Phi) is 3.90. The first-order valence-corrected chi connectivity index (χ1v) is 6.68. The van der Waals surface area contributed by atoms with Crippen molar-refractivity contribution in [2.75, 3.05) is 13.2 Å². The highest BCUT2D eigenvalue weighted by molar-refractivity contribution is 5.81. The molecule has 0 aromatic heterocycles. The van der Waals surface area contributed by atoms with Crippen molar-refractivity contribution in [3.05, 3.63) is 0 Å². The van der Waals surface area contributed by atoms with Crippen LogP contribution in [0.4, 0.5) is 0 Å². The molecule has 5 heteroatoms. The molecule has 4 atom stereocenters. The summed E-state index contributed by atoms with van der Waals surface area (Å²) in [6.07, 6.45) is 2.64. The van der Waals surface area contributed by atoms with Crippen LogP contribution in [-0.2, 0) is 9.59 Å². The van der Waals surface area contributed by atoms with Crippen molar-refractivity contribution in [2.24, 2.45) is 17.8 Å². The van der Waals surface area contributed by atoms with Crippen molar-refractivity contribution in [2.45, 2.75) is 38.6 Å². The number of nitrogens with zero attached hydrogens (tertiary/aromatic N) is 1. The van der Waals surface area contributed by atoms with Crippen LogP contribution in [0.3, 0.4) is 0 Å². The molecular weight excluding hydrogens is 234 g/mol. The average molecular weight is 255 g/mol. The number of hydrogen-bond donors (Lipinski definition) is 2. The summed E-state index contributed by atoms with van der Waals surface area (Å²) in [7, 11) is 0. The predicted molar refractivity (Wildman–Crippen MR) is 64.8 cm³/mol. The molecule has 0 spiro atoms. The monoisotopic (exact) mass is 255 g/mol. The first-order valence-electron chi connectivity index (χ1n) is 6.68. The highest BCUT2D eigenvalue weighted by Gasteiger charge is 2.40. The molecule has 0 aromatic rings. The summed E-state index contributed by atoms with van der Waals surface area (Å²) in [5.41, 5.74) is 0. The molecule has 1 aliphatic heterocycles. The highest BCUT2D eigenvalue weighted by atomic mass is 16.4. The number of likely N-dealkylation sites (tertiary alicyclic amines) is 1. The first-order chi connectivity index (χ1) is 8.54. The van der Waals surface area contributed by atoms with E-state index in [4.69, 9.17) is 5.11 Å². The van der Waals surface area contributed by atoms with E-state index in [2.05, 4.69) is 0 Å². The van der Waals surface area contributed by atoms with Crippen molar-refractivity contribution >= 4 is 11.9 Å². The summed E-state index contributed by atoms with van der Waals surface area (Å²) in [5.74, 6) is -0.950. The van der Waals surface area contributed by atoms with E-state index in [1.54, 1.807) is 4.90 Å². The van der Waals surface area contributed by atoms with Gasteiger partial charge in [0.1, 0.15) is 0 Å². The molecule has 2 fully saturated rings. The fourth-order valence-corrected chi connectivity index (χ4v) is 3.22. The maximum absolute atomic E-state index is 12.4. The lowest BCUT2D eigenvalue weighted by Crippen LogP contribution is -2.42. The largest absolute Gasteiger partial charge is 0.481 e. The van der Waals surface area contributed by atoms with Crippen LogP contribution in [-0.4, -0.2) is 46.2 Å². The highest BCUT2D eigenvalue weighted by Crippen LogP contribution is 2.35. The number of carboxylic acids is 1. The Morgan fingerprint density at radius 1 is 1.22 bits per heavy atom. The molecule has 18 heavy (non-hydrogen) atoms. The van der Waals surface area contributed by atoms with Crippen molar-refractivity contribution in [1.82, 2.24) is 4.90 Å². The van der Waals surface area contributed by atoms with Gasteiger partial charge < -0.3 is 15.1 Å². The zero-order valence-electron chi connectivity index (χ0n) is 10.7. The van der Waals surface area contributed by atoms with Crippen LogP contribution in [0.1, 0.15) is 32.6 Å². The number of aliphatic carboxylic acids is 1. The van der Waals surface area contributed by atoms with Crippen LogP contribution in [0.5, 0.6) is 0 Å². The number of hydrogen-bond acceptors (Lipinski definition) is 3.